The fourth-order valence-corrected chi connectivity index (χ4v) is 2.71. The first-order chi connectivity index (χ1) is 9.11. The molecule has 0 heterocycles. The maximum Gasteiger partial charge on any atom is 0.122 e. The summed E-state index contributed by atoms with van der Waals surface area (Å²) in [5.74, 6) is 0.890. The fraction of sp³-hybridized carbons (Fsp3) is 0.250. The molecular formula is C16H18BrNO. The number of nitrogens with two attached hydrogens (primary N) is 1. The van der Waals surface area contributed by atoms with Crippen molar-refractivity contribution in [2.45, 2.75) is 19.4 Å². The van der Waals surface area contributed by atoms with Gasteiger partial charge < -0.3 is 10.5 Å². The first-order valence-electron chi connectivity index (χ1n) is 6.25. The number of rotatable bonds is 4. The van der Waals surface area contributed by atoms with Crippen LogP contribution < -0.4 is 10.5 Å². The van der Waals surface area contributed by atoms with Gasteiger partial charge in [0.05, 0.1) is 7.11 Å². The van der Waals surface area contributed by atoms with E-state index in [0.717, 1.165) is 27.8 Å². The van der Waals surface area contributed by atoms with Crippen molar-refractivity contribution in [3.05, 3.63) is 63.6 Å². The zero-order chi connectivity index (χ0) is 13.8. The van der Waals surface area contributed by atoms with E-state index in [1.54, 1.807) is 7.11 Å². The lowest BCUT2D eigenvalue weighted by Gasteiger charge is -2.16. The highest BCUT2D eigenvalue weighted by atomic mass is 79.9. The van der Waals surface area contributed by atoms with E-state index in [1.807, 2.05) is 24.3 Å². The van der Waals surface area contributed by atoms with Gasteiger partial charge in [0.25, 0.3) is 0 Å². The SMILES string of the molecule is COc1ccccc1CC(N)c1cc(C)ccc1Br. The van der Waals surface area contributed by atoms with Crippen LogP contribution in [0.1, 0.15) is 22.7 Å². The van der Waals surface area contributed by atoms with Gasteiger partial charge in [0.15, 0.2) is 0 Å². The monoisotopic (exact) mass is 319 g/mol. The van der Waals surface area contributed by atoms with Gasteiger partial charge in [0.1, 0.15) is 5.75 Å². The van der Waals surface area contributed by atoms with Crippen LogP contribution in [0.4, 0.5) is 0 Å². The summed E-state index contributed by atoms with van der Waals surface area (Å²) in [6, 6.07) is 14.2. The van der Waals surface area contributed by atoms with Gasteiger partial charge in [0, 0.05) is 10.5 Å². The highest BCUT2D eigenvalue weighted by Crippen LogP contribution is 2.28. The molecule has 0 fully saturated rings. The Kier molecular flexibility index (Phi) is 4.61. The summed E-state index contributed by atoms with van der Waals surface area (Å²) in [6.07, 6.45) is 0.756. The Balaban J connectivity index is 2.25. The van der Waals surface area contributed by atoms with Crippen LogP contribution in [0.3, 0.4) is 0 Å². The van der Waals surface area contributed by atoms with Crippen LogP contribution in [0.15, 0.2) is 46.9 Å². The molecule has 0 radical (unpaired) electrons. The largest absolute Gasteiger partial charge is 0.496 e. The fourth-order valence-electron chi connectivity index (χ4n) is 2.17. The number of aryl methyl sites for hydroxylation is 1. The first kappa shape index (κ1) is 14.1. The normalized spacial score (nSPS) is 12.2. The average molecular weight is 320 g/mol. The number of para-hydroxylation sites is 1. The van der Waals surface area contributed by atoms with Crippen molar-refractivity contribution in [1.82, 2.24) is 0 Å². The second-order valence-electron chi connectivity index (χ2n) is 4.65. The van der Waals surface area contributed by atoms with Crippen LogP contribution in [-0.4, -0.2) is 7.11 Å². The third-order valence-electron chi connectivity index (χ3n) is 3.18. The van der Waals surface area contributed by atoms with Crippen molar-refractivity contribution in [3.8, 4) is 5.75 Å². The highest BCUT2D eigenvalue weighted by Gasteiger charge is 2.13. The van der Waals surface area contributed by atoms with Crippen LogP contribution in [-0.2, 0) is 6.42 Å². The van der Waals surface area contributed by atoms with Crippen molar-refractivity contribution in [2.75, 3.05) is 7.11 Å². The third kappa shape index (κ3) is 3.37. The molecule has 100 valence electrons. The van der Waals surface area contributed by atoms with Crippen LogP contribution in [0.2, 0.25) is 0 Å². The molecule has 19 heavy (non-hydrogen) atoms. The Morgan fingerprint density at radius 2 is 1.95 bits per heavy atom. The summed E-state index contributed by atoms with van der Waals surface area (Å²) >= 11 is 3.57. The van der Waals surface area contributed by atoms with Gasteiger partial charge in [-0.25, -0.2) is 0 Å². The Morgan fingerprint density at radius 1 is 1.21 bits per heavy atom. The van der Waals surface area contributed by atoms with E-state index < -0.39 is 0 Å². The van der Waals surface area contributed by atoms with Gasteiger partial charge in [-0.15, -0.1) is 0 Å². The molecule has 1 unspecified atom stereocenters. The summed E-state index contributed by atoms with van der Waals surface area (Å²) in [5.41, 5.74) is 9.81. The lowest BCUT2D eigenvalue weighted by Crippen LogP contribution is -2.14. The Morgan fingerprint density at radius 3 is 2.68 bits per heavy atom. The van der Waals surface area contributed by atoms with E-state index in [2.05, 4.69) is 41.1 Å². The summed E-state index contributed by atoms with van der Waals surface area (Å²) in [6.45, 7) is 2.08. The van der Waals surface area contributed by atoms with E-state index in [0.29, 0.717) is 0 Å². The van der Waals surface area contributed by atoms with Gasteiger partial charge >= 0.3 is 0 Å². The van der Waals surface area contributed by atoms with Crippen LogP contribution in [0.25, 0.3) is 0 Å². The lowest BCUT2D eigenvalue weighted by atomic mass is 9.98. The quantitative estimate of drug-likeness (QED) is 0.924. The molecule has 2 aromatic carbocycles. The topological polar surface area (TPSA) is 35.2 Å². The second kappa shape index (κ2) is 6.22. The zero-order valence-corrected chi connectivity index (χ0v) is 12.8. The smallest absolute Gasteiger partial charge is 0.122 e. The first-order valence-corrected chi connectivity index (χ1v) is 7.04. The Bertz CT molecular complexity index is 568. The molecule has 2 N–H and O–H groups in total. The molecule has 0 spiro atoms. The predicted octanol–water partition coefficient (Wildman–Crippen LogP) is 4.01. The van der Waals surface area contributed by atoms with Gasteiger partial charge in [-0.05, 0) is 36.6 Å². The molecule has 0 aliphatic carbocycles. The summed E-state index contributed by atoms with van der Waals surface area (Å²) in [7, 11) is 1.69. The molecule has 2 nitrogen and oxygen atoms in total. The minimum atomic E-state index is -0.0504. The molecular weight excluding hydrogens is 302 g/mol. The number of hydrogen-bond acceptors (Lipinski definition) is 2. The standard InChI is InChI=1S/C16H18BrNO/c1-11-7-8-14(17)13(9-11)15(18)10-12-5-3-4-6-16(12)19-2/h3-9,15H,10,18H2,1-2H3. The number of ether oxygens (including phenoxy) is 1. The molecule has 2 aromatic rings. The second-order valence-corrected chi connectivity index (χ2v) is 5.50. The summed E-state index contributed by atoms with van der Waals surface area (Å²) in [5, 5.41) is 0. The molecule has 2 rings (SSSR count). The Labute approximate surface area is 122 Å². The number of methoxy groups -OCH3 is 1. The van der Waals surface area contributed by atoms with Gasteiger partial charge in [-0.2, -0.15) is 0 Å². The molecule has 1 atom stereocenters. The maximum absolute atomic E-state index is 6.33. The number of halogens is 1. The summed E-state index contributed by atoms with van der Waals surface area (Å²) < 4.78 is 6.42. The van der Waals surface area contributed by atoms with Crippen molar-refractivity contribution in [3.63, 3.8) is 0 Å². The number of hydrogen-bond donors (Lipinski definition) is 1. The molecule has 0 aromatic heterocycles. The summed E-state index contributed by atoms with van der Waals surface area (Å²) in [4.78, 5) is 0. The van der Waals surface area contributed by atoms with E-state index in [-0.39, 0.29) is 6.04 Å². The Hall–Kier alpha value is -1.32. The van der Waals surface area contributed by atoms with Crippen molar-refractivity contribution in [2.24, 2.45) is 5.73 Å². The lowest BCUT2D eigenvalue weighted by molar-refractivity contribution is 0.408. The van der Waals surface area contributed by atoms with E-state index in [1.165, 1.54) is 5.56 Å². The van der Waals surface area contributed by atoms with Crippen molar-refractivity contribution >= 4 is 15.9 Å². The maximum atomic E-state index is 6.33. The van der Waals surface area contributed by atoms with Crippen LogP contribution in [0, 0.1) is 6.92 Å². The average Bonchev–Trinajstić information content (AvgIpc) is 2.42. The van der Waals surface area contributed by atoms with Gasteiger partial charge in [0.2, 0.25) is 0 Å². The molecule has 0 saturated carbocycles. The van der Waals surface area contributed by atoms with Crippen LogP contribution >= 0.6 is 15.9 Å². The molecule has 0 amide bonds. The zero-order valence-electron chi connectivity index (χ0n) is 11.2. The molecule has 3 heteroatoms. The van der Waals surface area contributed by atoms with E-state index >= 15 is 0 Å². The minimum absolute atomic E-state index is 0.0504. The minimum Gasteiger partial charge on any atom is -0.496 e. The van der Waals surface area contributed by atoms with E-state index in [9.17, 15) is 0 Å². The predicted molar refractivity (Wildman–Crippen MR) is 82.5 cm³/mol. The number of benzene rings is 2. The molecule has 0 aliphatic heterocycles. The third-order valence-corrected chi connectivity index (χ3v) is 3.91. The highest BCUT2D eigenvalue weighted by molar-refractivity contribution is 9.10. The molecule has 0 aliphatic rings. The van der Waals surface area contributed by atoms with Crippen molar-refractivity contribution in [1.29, 1.82) is 0 Å². The van der Waals surface area contributed by atoms with E-state index in [4.69, 9.17) is 10.5 Å². The van der Waals surface area contributed by atoms with Gasteiger partial charge in [-0.1, -0.05) is 51.8 Å². The van der Waals surface area contributed by atoms with Crippen LogP contribution in [0.5, 0.6) is 5.75 Å². The molecule has 0 bridgehead atoms. The van der Waals surface area contributed by atoms with Crippen molar-refractivity contribution < 1.29 is 4.74 Å². The molecule has 0 saturated heterocycles. The van der Waals surface area contributed by atoms with Gasteiger partial charge in [-0.3, -0.25) is 0 Å².